The Labute approximate surface area is 373 Å². The van der Waals surface area contributed by atoms with Crippen molar-refractivity contribution in [3.05, 3.63) is 131 Å². The Morgan fingerprint density at radius 2 is 1.60 bits per heavy atom. The second-order valence-corrected chi connectivity index (χ2v) is 16.2. The molecule has 0 amide bonds. The number of aromatic carboxylic acids is 1. The quantitative estimate of drug-likeness (QED) is 0.0448. The number of thiocarbonyl (C=S) groups is 1. The topological polar surface area (TPSA) is 137 Å². The highest BCUT2D eigenvalue weighted by atomic mass is 32.1. The van der Waals surface area contributed by atoms with Gasteiger partial charge in [-0.05, 0) is 99.4 Å². The fraction of sp³-hybridized carbons (Fsp3) is 0.275. The smallest absolute Gasteiger partial charge is 0.336 e. The number of carboxylic acid groups (broad SMARTS) is 1. The second-order valence-electron chi connectivity index (χ2n) is 15.8. The zero-order valence-electron chi connectivity index (χ0n) is 36.7. The van der Waals surface area contributed by atoms with Crippen molar-refractivity contribution in [2.75, 3.05) is 42.1 Å². The van der Waals surface area contributed by atoms with Gasteiger partial charge in [-0.25, -0.2) is 19.3 Å². The lowest BCUT2D eigenvalue weighted by molar-refractivity contribution is 0.0697. The van der Waals surface area contributed by atoms with Gasteiger partial charge >= 0.3 is 5.97 Å². The van der Waals surface area contributed by atoms with Crippen LogP contribution in [0.5, 0.6) is 0 Å². The number of pyridine rings is 1. The summed E-state index contributed by atoms with van der Waals surface area (Å²) in [5.74, 6) is 1.11. The number of nitrogens with two attached hydrogens (primary N) is 1. The van der Waals surface area contributed by atoms with Crippen LogP contribution in [0, 0.1) is 0 Å². The Morgan fingerprint density at radius 1 is 0.857 bits per heavy atom. The van der Waals surface area contributed by atoms with Crippen molar-refractivity contribution in [2.45, 2.75) is 67.0 Å². The van der Waals surface area contributed by atoms with Gasteiger partial charge in [0.25, 0.3) is 0 Å². The number of nitrogens with zero attached hydrogens (tertiary/aromatic N) is 5. The number of hydrogen-bond donors (Lipinski definition) is 4. The molecule has 0 bridgehead atoms. The van der Waals surface area contributed by atoms with E-state index in [1.807, 2.05) is 42.5 Å². The molecule has 0 unspecified atom stereocenters. The number of anilines is 3. The van der Waals surface area contributed by atoms with Gasteiger partial charge in [-0.2, -0.15) is 0 Å². The van der Waals surface area contributed by atoms with Crippen molar-refractivity contribution in [2.24, 2.45) is 0 Å². The van der Waals surface area contributed by atoms with E-state index in [1.54, 1.807) is 6.07 Å². The van der Waals surface area contributed by atoms with Crippen LogP contribution in [0.1, 0.15) is 74.8 Å². The molecule has 3 heterocycles. The van der Waals surface area contributed by atoms with Crippen LogP contribution < -0.4 is 31.2 Å². The zero-order valence-corrected chi connectivity index (χ0v) is 37.5. The molecule has 0 radical (unpaired) electrons. The Kier molecular flexibility index (Phi) is 12.7. The molecule has 63 heavy (non-hydrogen) atoms. The maximum absolute atomic E-state index is 13.1. The average molecular weight is 860 g/mol. The van der Waals surface area contributed by atoms with Gasteiger partial charge in [0, 0.05) is 78.0 Å². The van der Waals surface area contributed by atoms with Crippen LogP contribution in [0.3, 0.4) is 0 Å². The predicted octanol–water partition coefficient (Wildman–Crippen LogP) is 9.92. The van der Waals surface area contributed by atoms with Gasteiger partial charge in [0.1, 0.15) is 35.8 Å². The molecule has 322 valence electrons. The summed E-state index contributed by atoms with van der Waals surface area (Å²) < 4.78 is 11.2. The van der Waals surface area contributed by atoms with Crippen molar-refractivity contribution in [3.63, 3.8) is 0 Å². The van der Waals surface area contributed by atoms with Crippen LogP contribution in [-0.4, -0.2) is 56.9 Å². The van der Waals surface area contributed by atoms with E-state index in [9.17, 15) is 9.90 Å². The molecule has 0 spiro atoms. The Balaban J connectivity index is 1.04. The van der Waals surface area contributed by atoms with Crippen LogP contribution in [-0.2, 0) is 19.5 Å². The number of imidazole rings is 1. The average Bonchev–Trinajstić information content (AvgIpc) is 3.66. The number of para-hydroxylation sites is 1. The molecule has 1 aliphatic carbocycles. The van der Waals surface area contributed by atoms with Crippen LogP contribution in [0.25, 0.3) is 55.4 Å². The van der Waals surface area contributed by atoms with E-state index in [4.69, 9.17) is 27.4 Å². The summed E-state index contributed by atoms with van der Waals surface area (Å²) in [4.78, 5) is 25.0. The van der Waals surface area contributed by atoms with Crippen molar-refractivity contribution >= 4 is 73.4 Å². The Hall–Kier alpha value is -6.79. The van der Waals surface area contributed by atoms with Gasteiger partial charge in [0.2, 0.25) is 5.36 Å². The first kappa shape index (κ1) is 42.9. The summed E-state index contributed by atoms with van der Waals surface area (Å²) >= 11 is 5.73. The monoisotopic (exact) mass is 859 g/mol. The third kappa shape index (κ3) is 8.68. The van der Waals surface area contributed by atoms with Crippen LogP contribution in [0.2, 0.25) is 0 Å². The highest BCUT2D eigenvalue weighted by Crippen LogP contribution is 2.43. The van der Waals surface area contributed by atoms with E-state index < -0.39 is 5.97 Å². The van der Waals surface area contributed by atoms with E-state index in [0.717, 1.165) is 112 Å². The number of benzene rings is 5. The van der Waals surface area contributed by atoms with E-state index in [-0.39, 0.29) is 5.56 Å². The molecule has 4 aromatic carbocycles. The summed E-state index contributed by atoms with van der Waals surface area (Å²) in [7, 11) is 0. The van der Waals surface area contributed by atoms with Crippen molar-refractivity contribution in [1.29, 1.82) is 0 Å². The molecule has 0 saturated heterocycles. The number of carboxylic acids is 1. The fourth-order valence-electron chi connectivity index (χ4n) is 8.65. The number of aryl methyl sites for hydroxylation is 1. The number of nitrogen functional groups attached to an aromatic ring is 1. The summed E-state index contributed by atoms with van der Waals surface area (Å²) in [6, 6.07) is 34.3. The van der Waals surface area contributed by atoms with Crippen LogP contribution in [0.15, 0.2) is 108 Å². The lowest BCUT2D eigenvalue weighted by atomic mass is 9.90. The SMILES string of the molecule is CCCCc1nc2c(N)nc3ccccc3c2n1Cc1ccc(CNC(=S)Nc2ccc(-c3c4ccc(=[N+](CC)CC)cc-4oc4cc(N(CC)CC)ccc34)c(C(=O)O)c2)cc1. The van der Waals surface area contributed by atoms with Crippen LogP contribution >= 0.6 is 12.2 Å². The van der Waals surface area contributed by atoms with E-state index in [1.165, 1.54) is 0 Å². The number of hydrogen-bond acceptors (Lipinski definition) is 7. The molecule has 6 aromatic rings. The van der Waals surface area contributed by atoms with E-state index >= 15 is 0 Å². The highest BCUT2D eigenvalue weighted by Gasteiger charge is 2.24. The predicted molar refractivity (Wildman–Crippen MR) is 262 cm³/mol. The largest absolute Gasteiger partial charge is 0.478 e. The van der Waals surface area contributed by atoms with Gasteiger partial charge in [0.05, 0.1) is 22.7 Å². The third-order valence-electron chi connectivity index (χ3n) is 12.0. The molecule has 0 atom stereocenters. The molecule has 0 fully saturated rings. The van der Waals surface area contributed by atoms with E-state index in [0.29, 0.717) is 46.6 Å². The van der Waals surface area contributed by atoms with Gasteiger partial charge in [-0.1, -0.05) is 61.9 Å². The first-order chi connectivity index (χ1) is 30.6. The molecule has 11 nitrogen and oxygen atoms in total. The second kappa shape index (κ2) is 18.7. The van der Waals surface area contributed by atoms with Gasteiger partial charge in [-0.15, -0.1) is 0 Å². The minimum absolute atomic E-state index is 0.156. The first-order valence-corrected chi connectivity index (χ1v) is 22.4. The Morgan fingerprint density at radius 3 is 2.33 bits per heavy atom. The summed E-state index contributed by atoms with van der Waals surface area (Å²) in [6.45, 7) is 15.3. The molecular formula is C51H55N8O3S+. The molecule has 12 heteroatoms. The number of aromatic nitrogens is 3. The molecular weight excluding hydrogens is 805 g/mol. The van der Waals surface area contributed by atoms with Crippen molar-refractivity contribution in [3.8, 4) is 22.5 Å². The fourth-order valence-corrected chi connectivity index (χ4v) is 8.84. The minimum Gasteiger partial charge on any atom is -0.478 e. The van der Waals surface area contributed by atoms with Crippen LogP contribution in [0.4, 0.5) is 17.2 Å². The lowest BCUT2D eigenvalue weighted by Gasteiger charge is -2.22. The van der Waals surface area contributed by atoms with E-state index in [2.05, 4.69) is 119 Å². The number of rotatable bonds is 15. The lowest BCUT2D eigenvalue weighted by Crippen LogP contribution is -2.29. The third-order valence-corrected chi connectivity index (χ3v) is 12.2. The molecule has 2 aromatic heterocycles. The maximum atomic E-state index is 13.1. The molecule has 5 N–H and O–H groups in total. The number of carbonyl (C=O) groups is 1. The Bertz CT molecular complexity index is 3020. The number of unbranched alkanes of at least 4 members (excludes halogenated alkanes) is 1. The normalized spacial score (nSPS) is 11.4. The van der Waals surface area contributed by atoms with Gasteiger partial charge in [-0.3, -0.25) is 0 Å². The van der Waals surface area contributed by atoms with Gasteiger partial charge < -0.3 is 35.4 Å². The zero-order chi connectivity index (χ0) is 44.2. The molecule has 2 aliphatic rings. The highest BCUT2D eigenvalue weighted by molar-refractivity contribution is 7.80. The minimum atomic E-state index is -1.04. The van der Waals surface area contributed by atoms with Crippen molar-refractivity contribution in [1.82, 2.24) is 24.4 Å². The summed E-state index contributed by atoms with van der Waals surface area (Å²) in [6.07, 6.45) is 2.95. The van der Waals surface area contributed by atoms with Gasteiger partial charge in [0.15, 0.2) is 10.9 Å². The first-order valence-electron chi connectivity index (χ1n) is 22.0. The number of fused-ring (bicyclic) bond motifs is 5. The standard InChI is InChI=1S/C51H54N8O3S/c1-6-11-16-45-56-47-48(38-14-12-13-15-42(38)55-49(47)52)59(45)31-33-19-17-32(18-20-33)30-53-51(63)54-34-21-24-37(41(27-34)50(60)61)46-39-25-22-35(57(7-2)8-3)28-43(39)62-44-29-36(23-26-40(44)46)58(9-4)10-5/h12-15,17-29H,6-11,16,30-31H2,1-5H3,(H4,52,53,55,60,61,63)/p+1. The summed E-state index contributed by atoms with van der Waals surface area (Å²) in [5.41, 5.74) is 16.0. The maximum Gasteiger partial charge on any atom is 0.336 e. The molecule has 8 rings (SSSR count). The molecule has 0 saturated carbocycles. The molecule has 1 aliphatic heterocycles. The van der Waals surface area contributed by atoms with Crippen molar-refractivity contribution < 1.29 is 14.3 Å². The number of nitrogens with one attached hydrogen (secondary N) is 2. The summed E-state index contributed by atoms with van der Waals surface area (Å²) in [5, 5.41) is 20.5.